The molecule has 0 saturated heterocycles. The van der Waals surface area contributed by atoms with Gasteiger partial charge in [-0.3, -0.25) is 0 Å². The molecule has 1 atom stereocenters. The molecule has 0 unspecified atom stereocenters. The fraction of sp³-hybridized carbons (Fsp3) is 0.286. The molecule has 0 aliphatic rings. The molecule has 4 heteroatoms. The fourth-order valence-corrected chi connectivity index (χ4v) is 1.77. The summed E-state index contributed by atoms with van der Waals surface area (Å²) in [5, 5.41) is 9.54. The molecule has 2 aromatic rings. The van der Waals surface area contributed by atoms with Gasteiger partial charge in [-0.25, -0.2) is 9.97 Å². The highest BCUT2D eigenvalue weighted by Gasteiger charge is 2.09. The third-order valence-corrected chi connectivity index (χ3v) is 2.82. The van der Waals surface area contributed by atoms with Gasteiger partial charge in [-0.1, -0.05) is 0 Å². The van der Waals surface area contributed by atoms with Crippen molar-refractivity contribution in [3.05, 3.63) is 41.7 Å². The highest BCUT2D eigenvalue weighted by Crippen LogP contribution is 2.21. The van der Waals surface area contributed by atoms with Crippen LogP contribution >= 0.6 is 0 Å². The van der Waals surface area contributed by atoms with E-state index in [-0.39, 0.29) is 0 Å². The second-order valence-corrected chi connectivity index (χ2v) is 4.14. The van der Waals surface area contributed by atoms with Crippen LogP contribution in [0.2, 0.25) is 0 Å². The first-order valence-corrected chi connectivity index (χ1v) is 5.78. The van der Waals surface area contributed by atoms with Crippen LogP contribution in [0.3, 0.4) is 0 Å². The smallest absolute Gasteiger partial charge is 0.159 e. The normalized spacial score (nSPS) is 12.2. The van der Waals surface area contributed by atoms with E-state index >= 15 is 0 Å². The molecule has 0 fully saturated rings. The Balaban J connectivity index is 2.36. The monoisotopic (exact) mass is 244 g/mol. The summed E-state index contributed by atoms with van der Waals surface area (Å²) in [5.74, 6) is 1.45. The Kier molecular flexibility index (Phi) is 3.58. The first-order chi connectivity index (χ1) is 8.61. The number of aliphatic hydroxyl groups excluding tert-OH is 1. The molecule has 0 radical (unpaired) electrons. The van der Waals surface area contributed by atoms with E-state index in [0.717, 1.165) is 22.6 Å². The Morgan fingerprint density at radius 1 is 1.22 bits per heavy atom. The molecule has 1 aromatic carbocycles. The Morgan fingerprint density at radius 3 is 2.39 bits per heavy atom. The second-order valence-electron chi connectivity index (χ2n) is 4.14. The lowest BCUT2D eigenvalue weighted by molar-refractivity contribution is 0.197. The fourth-order valence-electron chi connectivity index (χ4n) is 1.77. The number of benzene rings is 1. The van der Waals surface area contributed by atoms with E-state index in [1.54, 1.807) is 20.2 Å². The maximum absolute atomic E-state index is 9.54. The van der Waals surface area contributed by atoms with Crippen LogP contribution in [-0.2, 0) is 0 Å². The minimum Gasteiger partial charge on any atom is -0.497 e. The Bertz CT molecular complexity index is 536. The molecular weight excluding hydrogens is 228 g/mol. The summed E-state index contributed by atoms with van der Waals surface area (Å²) in [6.07, 6.45) is 1.13. The zero-order chi connectivity index (χ0) is 13.1. The molecule has 0 amide bonds. The van der Waals surface area contributed by atoms with Crippen LogP contribution in [0.25, 0.3) is 11.4 Å². The number of ether oxygens (including phenoxy) is 1. The van der Waals surface area contributed by atoms with Gasteiger partial charge in [0.1, 0.15) is 5.75 Å². The Labute approximate surface area is 106 Å². The highest BCUT2D eigenvalue weighted by molar-refractivity contribution is 5.56. The van der Waals surface area contributed by atoms with Crippen molar-refractivity contribution in [1.29, 1.82) is 0 Å². The van der Waals surface area contributed by atoms with Crippen molar-refractivity contribution in [3.63, 3.8) is 0 Å². The van der Waals surface area contributed by atoms with Gasteiger partial charge >= 0.3 is 0 Å². The van der Waals surface area contributed by atoms with E-state index in [0.29, 0.717) is 5.82 Å². The number of rotatable bonds is 3. The standard InChI is InChI=1S/C14H16N2O2/c1-9-13(10(2)17)8-15-14(16-9)11-4-6-12(18-3)7-5-11/h4-8,10,17H,1-3H3/t10-/m1/s1. The largest absolute Gasteiger partial charge is 0.497 e. The van der Waals surface area contributed by atoms with Crippen LogP contribution in [0.1, 0.15) is 24.3 Å². The molecule has 0 bridgehead atoms. The minimum absolute atomic E-state index is 0.546. The van der Waals surface area contributed by atoms with E-state index < -0.39 is 6.10 Å². The summed E-state index contributed by atoms with van der Waals surface area (Å²) in [6.45, 7) is 3.58. The van der Waals surface area contributed by atoms with Crippen LogP contribution in [-0.4, -0.2) is 22.2 Å². The van der Waals surface area contributed by atoms with Crippen LogP contribution < -0.4 is 4.74 Å². The quantitative estimate of drug-likeness (QED) is 0.901. The van der Waals surface area contributed by atoms with E-state index in [9.17, 15) is 5.11 Å². The Hall–Kier alpha value is -1.94. The van der Waals surface area contributed by atoms with Gasteiger partial charge in [0.2, 0.25) is 0 Å². The van der Waals surface area contributed by atoms with Crippen LogP contribution in [0, 0.1) is 6.92 Å². The lowest BCUT2D eigenvalue weighted by atomic mass is 10.1. The molecule has 0 saturated carbocycles. The van der Waals surface area contributed by atoms with Crippen molar-refractivity contribution in [2.75, 3.05) is 7.11 Å². The summed E-state index contributed by atoms with van der Waals surface area (Å²) < 4.78 is 5.11. The molecule has 1 aromatic heterocycles. The lowest BCUT2D eigenvalue weighted by Gasteiger charge is -2.09. The molecule has 18 heavy (non-hydrogen) atoms. The van der Waals surface area contributed by atoms with Crippen LogP contribution in [0.15, 0.2) is 30.5 Å². The number of hydrogen-bond acceptors (Lipinski definition) is 4. The number of aryl methyl sites for hydroxylation is 1. The van der Waals surface area contributed by atoms with Gasteiger partial charge in [0.05, 0.1) is 13.2 Å². The van der Waals surface area contributed by atoms with Crippen molar-refractivity contribution in [2.45, 2.75) is 20.0 Å². The molecule has 2 rings (SSSR count). The molecule has 0 aliphatic heterocycles. The summed E-state index contributed by atoms with van der Waals surface area (Å²) in [6, 6.07) is 7.57. The number of aromatic nitrogens is 2. The zero-order valence-electron chi connectivity index (χ0n) is 10.7. The number of nitrogens with zero attached hydrogens (tertiary/aromatic N) is 2. The first kappa shape index (κ1) is 12.5. The molecule has 1 heterocycles. The average molecular weight is 244 g/mol. The van der Waals surface area contributed by atoms with E-state index in [2.05, 4.69) is 9.97 Å². The van der Waals surface area contributed by atoms with Crippen LogP contribution in [0.4, 0.5) is 0 Å². The van der Waals surface area contributed by atoms with Crippen LogP contribution in [0.5, 0.6) is 5.75 Å². The van der Waals surface area contributed by atoms with Gasteiger partial charge in [0.15, 0.2) is 5.82 Å². The van der Waals surface area contributed by atoms with Gasteiger partial charge < -0.3 is 9.84 Å². The number of hydrogen-bond donors (Lipinski definition) is 1. The number of methoxy groups -OCH3 is 1. The van der Waals surface area contributed by atoms with Gasteiger partial charge in [0, 0.05) is 23.0 Å². The average Bonchev–Trinajstić information content (AvgIpc) is 2.38. The number of aliphatic hydroxyl groups is 1. The first-order valence-electron chi connectivity index (χ1n) is 5.78. The summed E-state index contributed by atoms with van der Waals surface area (Å²) in [4.78, 5) is 8.68. The molecule has 0 aliphatic carbocycles. The van der Waals surface area contributed by atoms with Crippen molar-refractivity contribution >= 4 is 0 Å². The van der Waals surface area contributed by atoms with Crippen molar-refractivity contribution in [2.24, 2.45) is 0 Å². The molecule has 1 N–H and O–H groups in total. The van der Waals surface area contributed by atoms with Gasteiger partial charge in [-0.2, -0.15) is 0 Å². The molecule has 0 spiro atoms. The van der Waals surface area contributed by atoms with E-state index in [1.165, 1.54) is 0 Å². The molecular formula is C14H16N2O2. The van der Waals surface area contributed by atoms with Gasteiger partial charge in [-0.05, 0) is 38.1 Å². The second kappa shape index (κ2) is 5.14. The topological polar surface area (TPSA) is 55.2 Å². The summed E-state index contributed by atoms with van der Waals surface area (Å²) >= 11 is 0. The predicted molar refractivity (Wildman–Crippen MR) is 69.4 cm³/mol. The minimum atomic E-state index is -0.546. The van der Waals surface area contributed by atoms with Gasteiger partial charge in [0.25, 0.3) is 0 Å². The van der Waals surface area contributed by atoms with Gasteiger partial charge in [-0.15, -0.1) is 0 Å². The SMILES string of the molecule is COc1ccc(-c2ncc([C@@H](C)O)c(C)n2)cc1. The van der Waals surface area contributed by atoms with E-state index in [4.69, 9.17) is 4.74 Å². The van der Waals surface area contributed by atoms with Crippen molar-refractivity contribution in [1.82, 2.24) is 9.97 Å². The highest BCUT2D eigenvalue weighted by atomic mass is 16.5. The predicted octanol–water partition coefficient (Wildman–Crippen LogP) is 2.51. The third-order valence-electron chi connectivity index (χ3n) is 2.82. The maximum atomic E-state index is 9.54. The lowest BCUT2D eigenvalue weighted by Crippen LogP contribution is -2.01. The van der Waals surface area contributed by atoms with Crippen molar-refractivity contribution < 1.29 is 9.84 Å². The summed E-state index contributed by atoms with van der Waals surface area (Å²) in [5.41, 5.74) is 2.48. The molecule has 4 nitrogen and oxygen atoms in total. The summed E-state index contributed by atoms with van der Waals surface area (Å²) in [7, 11) is 1.63. The molecule has 94 valence electrons. The zero-order valence-corrected chi connectivity index (χ0v) is 10.7. The van der Waals surface area contributed by atoms with E-state index in [1.807, 2.05) is 31.2 Å². The third kappa shape index (κ3) is 2.49. The Morgan fingerprint density at radius 2 is 1.89 bits per heavy atom. The maximum Gasteiger partial charge on any atom is 0.159 e. The van der Waals surface area contributed by atoms with Crippen molar-refractivity contribution in [3.8, 4) is 17.1 Å².